The molecule has 1 heterocycles. The summed E-state index contributed by atoms with van der Waals surface area (Å²) in [5.74, 6) is 0.0495. The van der Waals surface area contributed by atoms with Gasteiger partial charge in [0.2, 0.25) is 5.95 Å². The van der Waals surface area contributed by atoms with E-state index in [1.807, 2.05) is 54.6 Å². The Morgan fingerprint density at radius 3 is 2.37 bits per heavy atom. The molecule has 0 unspecified atom stereocenters. The van der Waals surface area contributed by atoms with Gasteiger partial charge in [0, 0.05) is 17.6 Å². The highest BCUT2D eigenvalue weighted by molar-refractivity contribution is 5.71. The van der Waals surface area contributed by atoms with Gasteiger partial charge in [0.25, 0.3) is 0 Å². The normalized spacial score (nSPS) is 19.6. The van der Waals surface area contributed by atoms with Crippen LogP contribution in [0.3, 0.4) is 0 Å². The third-order valence-corrected chi connectivity index (χ3v) is 5.09. The first kappa shape index (κ1) is 17.6. The van der Waals surface area contributed by atoms with Crippen LogP contribution in [0.4, 0.5) is 10.3 Å². The molecule has 0 radical (unpaired) electrons. The second kappa shape index (κ2) is 7.84. The average molecular weight is 362 g/mol. The lowest BCUT2D eigenvalue weighted by Crippen LogP contribution is -2.33. The summed E-state index contributed by atoms with van der Waals surface area (Å²) < 4.78 is 14.4. The lowest BCUT2D eigenvalue weighted by Gasteiger charge is -2.26. The SMILES string of the molecule is NC1CCC(Nc2ncc(F)c(-c3cccc(-c4ccccc4)c3)n2)CC1. The van der Waals surface area contributed by atoms with Crippen LogP contribution in [0.25, 0.3) is 22.4 Å². The molecule has 5 heteroatoms. The number of hydrogen-bond acceptors (Lipinski definition) is 4. The molecule has 1 saturated carbocycles. The number of hydrogen-bond donors (Lipinski definition) is 2. The number of nitrogens with one attached hydrogen (secondary N) is 1. The van der Waals surface area contributed by atoms with Crippen molar-refractivity contribution >= 4 is 5.95 Å². The van der Waals surface area contributed by atoms with E-state index in [4.69, 9.17) is 5.73 Å². The van der Waals surface area contributed by atoms with E-state index < -0.39 is 5.82 Å². The van der Waals surface area contributed by atoms with Gasteiger partial charge in [-0.3, -0.25) is 0 Å². The van der Waals surface area contributed by atoms with E-state index in [0.29, 0.717) is 17.7 Å². The summed E-state index contributed by atoms with van der Waals surface area (Å²) in [5, 5.41) is 3.34. The fraction of sp³-hybridized carbons (Fsp3) is 0.273. The highest BCUT2D eigenvalue weighted by atomic mass is 19.1. The quantitative estimate of drug-likeness (QED) is 0.710. The van der Waals surface area contributed by atoms with Gasteiger partial charge >= 0.3 is 0 Å². The van der Waals surface area contributed by atoms with E-state index in [1.165, 1.54) is 6.20 Å². The maximum atomic E-state index is 14.4. The summed E-state index contributed by atoms with van der Waals surface area (Å²) in [5.41, 5.74) is 9.14. The Morgan fingerprint density at radius 2 is 1.59 bits per heavy atom. The van der Waals surface area contributed by atoms with E-state index in [2.05, 4.69) is 15.3 Å². The predicted molar refractivity (Wildman–Crippen MR) is 107 cm³/mol. The molecular weight excluding hydrogens is 339 g/mol. The fourth-order valence-electron chi connectivity index (χ4n) is 3.56. The molecule has 0 amide bonds. The molecule has 4 nitrogen and oxygen atoms in total. The second-order valence-electron chi connectivity index (χ2n) is 7.09. The summed E-state index contributed by atoms with van der Waals surface area (Å²) in [7, 11) is 0. The van der Waals surface area contributed by atoms with Crippen molar-refractivity contribution in [3.63, 3.8) is 0 Å². The summed E-state index contributed by atoms with van der Waals surface area (Å²) in [4.78, 5) is 8.59. The van der Waals surface area contributed by atoms with Crippen molar-refractivity contribution in [2.45, 2.75) is 37.8 Å². The number of rotatable bonds is 4. The Hall–Kier alpha value is -2.79. The third kappa shape index (κ3) is 4.14. The van der Waals surface area contributed by atoms with Crippen LogP contribution in [0.1, 0.15) is 25.7 Å². The third-order valence-electron chi connectivity index (χ3n) is 5.09. The maximum Gasteiger partial charge on any atom is 0.223 e. The van der Waals surface area contributed by atoms with Gasteiger partial charge in [-0.1, -0.05) is 48.5 Å². The van der Waals surface area contributed by atoms with Gasteiger partial charge in [0.1, 0.15) is 5.69 Å². The average Bonchev–Trinajstić information content (AvgIpc) is 2.72. The molecule has 0 saturated heterocycles. The van der Waals surface area contributed by atoms with Crippen molar-refractivity contribution in [1.29, 1.82) is 0 Å². The minimum atomic E-state index is -0.420. The van der Waals surface area contributed by atoms with Crippen LogP contribution in [-0.2, 0) is 0 Å². The van der Waals surface area contributed by atoms with Crippen LogP contribution in [0.5, 0.6) is 0 Å². The van der Waals surface area contributed by atoms with Crippen LogP contribution in [0, 0.1) is 5.82 Å². The van der Waals surface area contributed by atoms with Crippen LogP contribution in [0.15, 0.2) is 60.8 Å². The van der Waals surface area contributed by atoms with E-state index in [1.54, 1.807) is 0 Å². The predicted octanol–water partition coefficient (Wildman–Crippen LogP) is 4.63. The van der Waals surface area contributed by atoms with Gasteiger partial charge < -0.3 is 11.1 Å². The second-order valence-corrected chi connectivity index (χ2v) is 7.09. The molecular formula is C22H23FN4. The molecule has 2 aromatic carbocycles. The molecule has 0 aliphatic heterocycles. The monoisotopic (exact) mass is 362 g/mol. The van der Waals surface area contributed by atoms with Gasteiger partial charge in [-0.05, 0) is 42.9 Å². The van der Waals surface area contributed by atoms with Crippen LogP contribution in [-0.4, -0.2) is 22.1 Å². The lowest BCUT2D eigenvalue weighted by molar-refractivity contribution is 0.409. The Morgan fingerprint density at radius 1 is 0.889 bits per heavy atom. The molecule has 1 aliphatic rings. The van der Waals surface area contributed by atoms with Crippen molar-refractivity contribution in [2.75, 3.05) is 5.32 Å². The van der Waals surface area contributed by atoms with Gasteiger partial charge in [-0.15, -0.1) is 0 Å². The number of aromatic nitrogens is 2. The number of halogens is 1. The fourth-order valence-corrected chi connectivity index (χ4v) is 3.56. The minimum Gasteiger partial charge on any atom is -0.351 e. The molecule has 4 rings (SSSR count). The zero-order valence-corrected chi connectivity index (χ0v) is 15.1. The van der Waals surface area contributed by atoms with E-state index in [-0.39, 0.29) is 6.04 Å². The first-order valence-electron chi connectivity index (χ1n) is 9.39. The Bertz CT molecular complexity index is 905. The largest absolute Gasteiger partial charge is 0.351 e. The van der Waals surface area contributed by atoms with E-state index >= 15 is 0 Å². The Balaban J connectivity index is 1.60. The van der Waals surface area contributed by atoms with Crippen molar-refractivity contribution < 1.29 is 4.39 Å². The number of nitrogens with zero attached hydrogens (tertiary/aromatic N) is 2. The lowest BCUT2D eigenvalue weighted by atomic mass is 9.92. The maximum absolute atomic E-state index is 14.4. The molecule has 0 bridgehead atoms. The van der Waals surface area contributed by atoms with Gasteiger partial charge in [0.05, 0.1) is 6.20 Å². The highest BCUT2D eigenvalue weighted by Crippen LogP contribution is 2.28. The summed E-state index contributed by atoms with van der Waals surface area (Å²) in [6.45, 7) is 0. The molecule has 0 spiro atoms. The first-order valence-corrected chi connectivity index (χ1v) is 9.39. The molecule has 3 N–H and O–H groups in total. The van der Waals surface area contributed by atoms with Crippen LogP contribution >= 0.6 is 0 Å². The van der Waals surface area contributed by atoms with Crippen molar-refractivity contribution in [3.8, 4) is 22.4 Å². The zero-order valence-electron chi connectivity index (χ0n) is 15.1. The number of nitrogens with two attached hydrogens (primary N) is 1. The van der Waals surface area contributed by atoms with Crippen molar-refractivity contribution in [2.24, 2.45) is 5.73 Å². The first-order chi connectivity index (χ1) is 13.2. The Kier molecular flexibility index (Phi) is 5.12. The smallest absolute Gasteiger partial charge is 0.223 e. The molecule has 1 aliphatic carbocycles. The molecule has 1 fully saturated rings. The molecule has 27 heavy (non-hydrogen) atoms. The number of benzene rings is 2. The summed E-state index contributed by atoms with van der Waals surface area (Å²) >= 11 is 0. The Labute approximate surface area is 158 Å². The van der Waals surface area contributed by atoms with Crippen LogP contribution < -0.4 is 11.1 Å². The van der Waals surface area contributed by atoms with Gasteiger partial charge in [-0.2, -0.15) is 0 Å². The van der Waals surface area contributed by atoms with Crippen molar-refractivity contribution in [3.05, 3.63) is 66.6 Å². The standard InChI is InChI=1S/C22H23FN4/c23-20-14-25-22(26-19-11-9-18(24)10-12-19)27-21(20)17-8-4-7-16(13-17)15-5-2-1-3-6-15/h1-8,13-14,18-19H,9-12,24H2,(H,25,26,27). The number of anilines is 1. The molecule has 3 aromatic rings. The van der Waals surface area contributed by atoms with Gasteiger partial charge in [0.15, 0.2) is 5.82 Å². The van der Waals surface area contributed by atoms with Crippen LogP contribution in [0.2, 0.25) is 0 Å². The molecule has 138 valence electrons. The topological polar surface area (TPSA) is 63.8 Å². The van der Waals surface area contributed by atoms with E-state index in [9.17, 15) is 4.39 Å². The molecule has 1 aromatic heterocycles. The van der Waals surface area contributed by atoms with Crippen molar-refractivity contribution in [1.82, 2.24) is 9.97 Å². The minimum absolute atomic E-state index is 0.286. The zero-order chi connectivity index (χ0) is 18.6. The summed E-state index contributed by atoms with van der Waals surface area (Å²) in [6.07, 6.45) is 5.20. The van der Waals surface area contributed by atoms with Gasteiger partial charge in [-0.25, -0.2) is 14.4 Å². The molecule has 0 atom stereocenters. The summed E-state index contributed by atoms with van der Waals surface area (Å²) in [6, 6.07) is 18.4. The highest BCUT2D eigenvalue weighted by Gasteiger charge is 2.19. The van der Waals surface area contributed by atoms with E-state index in [0.717, 1.165) is 42.4 Å².